The zero-order valence-corrected chi connectivity index (χ0v) is 10.8. The van der Waals surface area contributed by atoms with E-state index in [1.807, 2.05) is 19.2 Å². The fraction of sp³-hybridized carbons (Fsp3) is 0.583. The van der Waals surface area contributed by atoms with Crippen LogP contribution in [0, 0.1) is 0 Å². The molecule has 1 aromatic heterocycles. The molecule has 3 nitrogen and oxygen atoms in total. The Kier molecular flexibility index (Phi) is 4.96. The Hall–Kier alpha value is -0.870. The average Bonchev–Trinajstić information content (AvgIpc) is 2.66. The number of hydrogen-bond donors (Lipinski definition) is 2. The zero-order chi connectivity index (χ0) is 12.0. The Bertz CT molecular complexity index is 314. The second-order valence-electron chi connectivity index (χ2n) is 4.72. The summed E-state index contributed by atoms with van der Waals surface area (Å²) in [5, 5.41) is 7.06. The van der Waals surface area contributed by atoms with E-state index in [9.17, 15) is 4.79 Å². The molecular formula is C12H20N2OS. The lowest BCUT2D eigenvalue weighted by atomic mass is 10.00. The van der Waals surface area contributed by atoms with Gasteiger partial charge in [-0.2, -0.15) is 11.3 Å². The maximum atomic E-state index is 11.5. The highest BCUT2D eigenvalue weighted by Crippen LogP contribution is 2.07. The number of thiophene rings is 1. The number of hydrogen-bond acceptors (Lipinski definition) is 3. The van der Waals surface area contributed by atoms with Gasteiger partial charge in [-0.3, -0.25) is 4.79 Å². The van der Waals surface area contributed by atoms with Gasteiger partial charge in [0.1, 0.15) is 0 Å². The minimum Gasteiger partial charge on any atom is -0.356 e. The molecular weight excluding hydrogens is 220 g/mol. The second-order valence-corrected chi connectivity index (χ2v) is 5.50. The van der Waals surface area contributed by atoms with Crippen molar-refractivity contribution < 1.29 is 4.79 Å². The second kappa shape index (κ2) is 6.01. The van der Waals surface area contributed by atoms with Crippen molar-refractivity contribution in [2.24, 2.45) is 5.73 Å². The quantitative estimate of drug-likeness (QED) is 0.798. The van der Waals surface area contributed by atoms with Crippen LogP contribution < -0.4 is 11.1 Å². The fourth-order valence-electron chi connectivity index (χ4n) is 1.31. The van der Waals surface area contributed by atoms with Crippen molar-refractivity contribution in [2.45, 2.75) is 38.6 Å². The fourth-order valence-corrected chi connectivity index (χ4v) is 2.01. The summed E-state index contributed by atoms with van der Waals surface area (Å²) in [6, 6.07) is 2.08. The van der Waals surface area contributed by atoms with Gasteiger partial charge in [-0.25, -0.2) is 0 Å². The number of nitrogens with two attached hydrogens (primary N) is 1. The van der Waals surface area contributed by atoms with Crippen LogP contribution in [0.15, 0.2) is 16.8 Å². The monoisotopic (exact) mass is 240 g/mol. The van der Waals surface area contributed by atoms with Crippen LogP contribution in [0.25, 0.3) is 0 Å². The molecule has 16 heavy (non-hydrogen) atoms. The summed E-state index contributed by atoms with van der Waals surface area (Å²) in [7, 11) is 0. The predicted molar refractivity (Wildman–Crippen MR) is 68.5 cm³/mol. The molecule has 0 radical (unpaired) electrons. The topological polar surface area (TPSA) is 55.1 Å². The lowest BCUT2D eigenvalue weighted by molar-refractivity contribution is -0.121. The normalized spacial score (nSPS) is 11.4. The van der Waals surface area contributed by atoms with E-state index in [1.54, 1.807) is 11.3 Å². The van der Waals surface area contributed by atoms with Gasteiger partial charge in [0.2, 0.25) is 5.91 Å². The lowest BCUT2D eigenvalue weighted by Gasteiger charge is -2.17. The van der Waals surface area contributed by atoms with Gasteiger partial charge < -0.3 is 11.1 Å². The molecule has 3 N–H and O–H groups in total. The molecule has 0 aliphatic rings. The Labute approximate surface area is 101 Å². The first-order chi connectivity index (χ1) is 7.47. The summed E-state index contributed by atoms with van der Waals surface area (Å²) < 4.78 is 0. The molecule has 0 aliphatic carbocycles. The third-order valence-corrected chi connectivity index (χ3v) is 3.04. The molecule has 0 aromatic carbocycles. The summed E-state index contributed by atoms with van der Waals surface area (Å²) >= 11 is 1.68. The van der Waals surface area contributed by atoms with Crippen molar-refractivity contribution in [2.75, 3.05) is 6.54 Å². The summed E-state index contributed by atoms with van der Waals surface area (Å²) in [5.74, 6) is 0.0914. The van der Waals surface area contributed by atoms with Crippen molar-refractivity contribution in [1.82, 2.24) is 5.32 Å². The molecule has 0 unspecified atom stereocenters. The molecule has 0 atom stereocenters. The van der Waals surface area contributed by atoms with Crippen LogP contribution in [0.2, 0.25) is 0 Å². The summed E-state index contributed by atoms with van der Waals surface area (Å²) in [4.78, 5) is 11.5. The van der Waals surface area contributed by atoms with Crippen LogP contribution in [0.4, 0.5) is 0 Å². The van der Waals surface area contributed by atoms with E-state index in [1.165, 1.54) is 5.56 Å². The van der Waals surface area contributed by atoms with Gasteiger partial charge in [0.15, 0.2) is 0 Å². The van der Waals surface area contributed by atoms with Gasteiger partial charge in [-0.1, -0.05) is 0 Å². The SMILES string of the molecule is CC(C)(N)CCC(=O)NCCc1ccsc1. The van der Waals surface area contributed by atoms with Crippen molar-refractivity contribution in [1.29, 1.82) is 0 Å². The maximum absolute atomic E-state index is 11.5. The van der Waals surface area contributed by atoms with Crippen LogP contribution >= 0.6 is 11.3 Å². The average molecular weight is 240 g/mol. The van der Waals surface area contributed by atoms with Gasteiger partial charge in [0.05, 0.1) is 0 Å². The summed E-state index contributed by atoms with van der Waals surface area (Å²) in [6.45, 7) is 4.58. The maximum Gasteiger partial charge on any atom is 0.220 e. The molecule has 1 heterocycles. The van der Waals surface area contributed by atoms with Crippen LogP contribution in [0.1, 0.15) is 32.3 Å². The molecule has 4 heteroatoms. The van der Waals surface area contributed by atoms with Crippen molar-refractivity contribution in [3.05, 3.63) is 22.4 Å². The molecule has 0 saturated carbocycles. The van der Waals surface area contributed by atoms with Crippen molar-refractivity contribution >= 4 is 17.2 Å². The molecule has 0 aliphatic heterocycles. The Morgan fingerprint density at radius 2 is 2.31 bits per heavy atom. The van der Waals surface area contributed by atoms with Crippen LogP contribution in [-0.4, -0.2) is 18.0 Å². The van der Waals surface area contributed by atoms with Crippen LogP contribution in [0.3, 0.4) is 0 Å². The van der Waals surface area contributed by atoms with E-state index in [2.05, 4.69) is 16.8 Å². The van der Waals surface area contributed by atoms with E-state index in [4.69, 9.17) is 5.73 Å². The lowest BCUT2D eigenvalue weighted by Crippen LogP contribution is -2.34. The van der Waals surface area contributed by atoms with E-state index in [-0.39, 0.29) is 11.4 Å². The summed E-state index contributed by atoms with van der Waals surface area (Å²) in [6.07, 6.45) is 2.13. The molecule has 0 fully saturated rings. The van der Waals surface area contributed by atoms with Crippen molar-refractivity contribution in [3.8, 4) is 0 Å². The Morgan fingerprint density at radius 3 is 2.88 bits per heavy atom. The number of nitrogens with one attached hydrogen (secondary N) is 1. The number of carbonyl (C=O) groups is 1. The highest BCUT2D eigenvalue weighted by Gasteiger charge is 2.12. The van der Waals surface area contributed by atoms with Gasteiger partial charge in [-0.05, 0) is 49.1 Å². The minimum absolute atomic E-state index is 0.0914. The minimum atomic E-state index is -0.259. The number of amides is 1. The van der Waals surface area contributed by atoms with Gasteiger partial charge in [-0.15, -0.1) is 0 Å². The van der Waals surface area contributed by atoms with Gasteiger partial charge in [0.25, 0.3) is 0 Å². The third kappa shape index (κ3) is 5.88. The van der Waals surface area contributed by atoms with Crippen molar-refractivity contribution in [3.63, 3.8) is 0 Å². The standard InChI is InChI=1S/C12H20N2OS/c1-12(2,13)6-3-11(15)14-7-4-10-5-8-16-9-10/h5,8-9H,3-4,6-7,13H2,1-2H3,(H,14,15). The van der Waals surface area contributed by atoms with E-state index >= 15 is 0 Å². The number of rotatable bonds is 6. The molecule has 90 valence electrons. The molecule has 0 spiro atoms. The molecule has 0 saturated heterocycles. The first-order valence-corrected chi connectivity index (χ1v) is 6.48. The van der Waals surface area contributed by atoms with Crippen LogP contribution in [-0.2, 0) is 11.2 Å². The van der Waals surface area contributed by atoms with Gasteiger partial charge >= 0.3 is 0 Å². The van der Waals surface area contributed by atoms with E-state index < -0.39 is 0 Å². The Balaban J connectivity index is 2.11. The van der Waals surface area contributed by atoms with Crippen LogP contribution in [0.5, 0.6) is 0 Å². The first kappa shape index (κ1) is 13.2. The smallest absolute Gasteiger partial charge is 0.220 e. The molecule has 1 amide bonds. The van der Waals surface area contributed by atoms with E-state index in [0.29, 0.717) is 13.0 Å². The predicted octanol–water partition coefficient (Wildman–Crippen LogP) is 1.92. The largest absolute Gasteiger partial charge is 0.356 e. The number of carbonyl (C=O) groups excluding carboxylic acids is 1. The van der Waals surface area contributed by atoms with E-state index in [0.717, 1.165) is 12.8 Å². The zero-order valence-electron chi connectivity index (χ0n) is 9.95. The highest BCUT2D eigenvalue weighted by atomic mass is 32.1. The summed E-state index contributed by atoms with van der Waals surface area (Å²) in [5.41, 5.74) is 6.83. The van der Waals surface area contributed by atoms with Gasteiger partial charge in [0, 0.05) is 18.5 Å². The molecule has 0 bridgehead atoms. The third-order valence-electron chi connectivity index (χ3n) is 2.31. The Morgan fingerprint density at radius 1 is 1.56 bits per heavy atom. The first-order valence-electron chi connectivity index (χ1n) is 5.54. The highest BCUT2D eigenvalue weighted by molar-refractivity contribution is 7.07. The molecule has 1 rings (SSSR count). The molecule has 1 aromatic rings.